The van der Waals surface area contributed by atoms with Gasteiger partial charge < -0.3 is 10.3 Å². The van der Waals surface area contributed by atoms with E-state index in [0.717, 1.165) is 24.4 Å². The maximum absolute atomic E-state index is 5.98. The molecular formula is C12H13ClN2. The van der Waals surface area contributed by atoms with Crippen molar-refractivity contribution in [2.45, 2.75) is 25.4 Å². The van der Waals surface area contributed by atoms with E-state index in [4.69, 9.17) is 17.3 Å². The first-order chi connectivity index (χ1) is 7.24. The zero-order valence-electron chi connectivity index (χ0n) is 8.41. The highest BCUT2D eigenvalue weighted by atomic mass is 35.5. The van der Waals surface area contributed by atoms with Gasteiger partial charge in [-0.15, -0.1) is 0 Å². The molecule has 0 amide bonds. The van der Waals surface area contributed by atoms with Crippen LogP contribution in [0.1, 0.15) is 12.1 Å². The fourth-order valence-electron chi connectivity index (χ4n) is 2.40. The lowest BCUT2D eigenvalue weighted by Crippen LogP contribution is -2.30. The van der Waals surface area contributed by atoms with Crippen LogP contribution in [0.15, 0.2) is 24.3 Å². The molecule has 2 heterocycles. The SMILES string of the molecule is NC1CCn2c(cc3cc(Cl)ccc32)C1. The molecule has 0 radical (unpaired) electrons. The third-order valence-electron chi connectivity index (χ3n) is 3.14. The van der Waals surface area contributed by atoms with Crippen molar-refractivity contribution in [1.82, 2.24) is 4.57 Å². The van der Waals surface area contributed by atoms with E-state index in [1.807, 2.05) is 12.1 Å². The first kappa shape index (κ1) is 9.25. The molecule has 15 heavy (non-hydrogen) atoms. The van der Waals surface area contributed by atoms with Gasteiger partial charge in [-0.05, 0) is 30.7 Å². The molecule has 1 aromatic carbocycles. The lowest BCUT2D eigenvalue weighted by atomic mass is 10.1. The van der Waals surface area contributed by atoms with Crippen molar-refractivity contribution >= 4 is 22.5 Å². The predicted molar refractivity (Wildman–Crippen MR) is 63.2 cm³/mol. The lowest BCUT2D eigenvalue weighted by molar-refractivity contribution is 0.480. The molecule has 2 N–H and O–H groups in total. The van der Waals surface area contributed by atoms with Gasteiger partial charge in [0.1, 0.15) is 0 Å². The van der Waals surface area contributed by atoms with Gasteiger partial charge in [0.25, 0.3) is 0 Å². The summed E-state index contributed by atoms with van der Waals surface area (Å²) >= 11 is 5.98. The van der Waals surface area contributed by atoms with Crippen LogP contribution in [0.4, 0.5) is 0 Å². The maximum Gasteiger partial charge on any atom is 0.0483 e. The Labute approximate surface area is 93.6 Å². The van der Waals surface area contributed by atoms with Crippen LogP contribution in [-0.2, 0) is 13.0 Å². The third kappa shape index (κ3) is 1.45. The summed E-state index contributed by atoms with van der Waals surface area (Å²) in [5.41, 5.74) is 8.58. The fourth-order valence-corrected chi connectivity index (χ4v) is 2.58. The van der Waals surface area contributed by atoms with Crippen molar-refractivity contribution < 1.29 is 0 Å². The minimum absolute atomic E-state index is 0.317. The Hall–Kier alpha value is -0.990. The van der Waals surface area contributed by atoms with Crippen molar-refractivity contribution in [1.29, 1.82) is 0 Å². The lowest BCUT2D eigenvalue weighted by Gasteiger charge is -2.21. The quantitative estimate of drug-likeness (QED) is 0.727. The standard InChI is InChI=1S/C12H13ClN2/c13-9-1-2-12-8(5-9)6-11-7-10(14)3-4-15(11)12/h1-2,5-6,10H,3-4,7,14H2. The monoisotopic (exact) mass is 220 g/mol. The largest absolute Gasteiger partial charge is 0.344 e. The number of hydrogen-bond acceptors (Lipinski definition) is 1. The van der Waals surface area contributed by atoms with Crippen molar-refractivity contribution in [2.24, 2.45) is 5.73 Å². The van der Waals surface area contributed by atoms with Gasteiger partial charge >= 0.3 is 0 Å². The van der Waals surface area contributed by atoms with Crippen molar-refractivity contribution in [2.75, 3.05) is 0 Å². The highest BCUT2D eigenvalue weighted by Crippen LogP contribution is 2.27. The molecule has 0 fully saturated rings. The zero-order chi connectivity index (χ0) is 10.4. The highest BCUT2D eigenvalue weighted by molar-refractivity contribution is 6.31. The third-order valence-corrected chi connectivity index (χ3v) is 3.38. The minimum Gasteiger partial charge on any atom is -0.344 e. The normalized spacial score (nSPS) is 20.5. The van der Waals surface area contributed by atoms with Crippen LogP contribution < -0.4 is 5.73 Å². The van der Waals surface area contributed by atoms with Crippen molar-refractivity contribution in [3.8, 4) is 0 Å². The summed E-state index contributed by atoms with van der Waals surface area (Å²) in [6.07, 6.45) is 2.05. The molecule has 1 aliphatic rings. The van der Waals surface area contributed by atoms with Crippen LogP contribution in [0.3, 0.4) is 0 Å². The van der Waals surface area contributed by atoms with Crippen LogP contribution in [0, 0.1) is 0 Å². The van der Waals surface area contributed by atoms with E-state index in [1.165, 1.54) is 16.6 Å². The van der Waals surface area contributed by atoms with Crippen molar-refractivity contribution in [3.05, 3.63) is 35.0 Å². The summed E-state index contributed by atoms with van der Waals surface area (Å²) in [6, 6.07) is 8.59. The van der Waals surface area contributed by atoms with E-state index < -0.39 is 0 Å². The minimum atomic E-state index is 0.317. The first-order valence-electron chi connectivity index (χ1n) is 5.27. The number of halogens is 1. The molecule has 0 saturated carbocycles. The molecule has 3 rings (SSSR count). The predicted octanol–water partition coefficient (Wildman–Crippen LogP) is 2.57. The number of hydrogen-bond donors (Lipinski definition) is 1. The molecule has 1 aliphatic heterocycles. The summed E-state index contributed by atoms with van der Waals surface area (Å²) < 4.78 is 2.36. The number of aryl methyl sites for hydroxylation is 1. The second kappa shape index (κ2) is 3.26. The van der Waals surface area contributed by atoms with E-state index in [-0.39, 0.29) is 0 Å². The summed E-state index contributed by atoms with van der Waals surface area (Å²) in [6.45, 7) is 1.03. The average Bonchev–Trinajstić information content (AvgIpc) is 2.53. The van der Waals surface area contributed by atoms with Gasteiger partial charge in [0.15, 0.2) is 0 Å². The number of nitrogens with two attached hydrogens (primary N) is 1. The molecule has 0 spiro atoms. The van der Waals surface area contributed by atoms with Gasteiger partial charge in [0.2, 0.25) is 0 Å². The summed E-state index contributed by atoms with van der Waals surface area (Å²) in [4.78, 5) is 0. The second-order valence-corrected chi connectivity index (χ2v) is 4.68. The Morgan fingerprint density at radius 3 is 3.07 bits per heavy atom. The van der Waals surface area contributed by atoms with Gasteiger partial charge in [0.05, 0.1) is 0 Å². The number of fused-ring (bicyclic) bond motifs is 3. The van der Waals surface area contributed by atoms with Crippen LogP contribution in [-0.4, -0.2) is 10.6 Å². The Morgan fingerprint density at radius 2 is 2.20 bits per heavy atom. The Morgan fingerprint density at radius 1 is 1.33 bits per heavy atom. The first-order valence-corrected chi connectivity index (χ1v) is 5.65. The van der Waals surface area contributed by atoms with Crippen molar-refractivity contribution in [3.63, 3.8) is 0 Å². The number of rotatable bonds is 0. The van der Waals surface area contributed by atoms with E-state index in [0.29, 0.717) is 6.04 Å². The molecule has 0 aliphatic carbocycles. The fraction of sp³-hybridized carbons (Fsp3) is 0.333. The molecule has 2 nitrogen and oxygen atoms in total. The smallest absolute Gasteiger partial charge is 0.0483 e. The molecule has 0 bridgehead atoms. The van der Waals surface area contributed by atoms with E-state index in [1.54, 1.807) is 0 Å². The van der Waals surface area contributed by atoms with Gasteiger partial charge in [-0.25, -0.2) is 0 Å². The molecule has 0 saturated heterocycles. The Bertz CT molecular complexity index is 516. The molecule has 1 unspecified atom stereocenters. The van der Waals surface area contributed by atoms with E-state index in [9.17, 15) is 0 Å². The molecule has 78 valence electrons. The van der Waals surface area contributed by atoms with Gasteiger partial charge in [0, 0.05) is 40.6 Å². The van der Waals surface area contributed by atoms with E-state index >= 15 is 0 Å². The second-order valence-electron chi connectivity index (χ2n) is 4.24. The molecule has 1 atom stereocenters. The van der Waals surface area contributed by atoms with E-state index in [2.05, 4.69) is 16.7 Å². The van der Waals surface area contributed by atoms with Crippen LogP contribution in [0.2, 0.25) is 5.02 Å². The molecule has 2 aromatic rings. The zero-order valence-corrected chi connectivity index (χ0v) is 9.17. The number of nitrogens with zero attached hydrogens (tertiary/aromatic N) is 1. The van der Waals surface area contributed by atoms with Crippen LogP contribution in [0.25, 0.3) is 10.9 Å². The Balaban J connectivity index is 2.23. The molecule has 3 heteroatoms. The summed E-state index contributed by atoms with van der Waals surface area (Å²) in [5, 5.41) is 2.03. The topological polar surface area (TPSA) is 30.9 Å². The molecular weight excluding hydrogens is 208 g/mol. The summed E-state index contributed by atoms with van der Waals surface area (Å²) in [7, 11) is 0. The average molecular weight is 221 g/mol. The van der Waals surface area contributed by atoms with Gasteiger partial charge in [-0.2, -0.15) is 0 Å². The highest BCUT2D eigenvalue weighted by Gasteiger charge is 2.17. The van der Waals surface area contributed by atoms with Crippen LogP contribution in [0.5, 0.6) is 0 Å². The van der Waals surface area contributed by atoms with Gasteiger partial charge in [-0.3, -0.25) is 0 Å². The molecule has 1 aromatic heterocycles. The number of benzene rings is 1. The van der Waals surface area contributed by atoms with Crippen LogP contribution >= 0.6 is 11.6 Å². The van der Waals surface area contributed by atoms with Gasteiger partial charge in [-0.1, -0.05) is 11.6 Å². The number of aromatic nitrogens is 1. The summed E-state index contributed by atoms with van der Waals surface area (Å²) in [5.74, 6) is 0. The Kier molecular flexibility index (Phi) is 2.01. The maximum atomic E-state index is 5.98.